The van der Waals surface area contributed by atoms with Crippen LogP contribution in [0.1, 0.15) is 56.7 Å². The van der Waals surface area contributed by atoms with Gasteiger partial charge in [-0.25, -0.2) is 14.8 Å². The van der Waals surface area contributed by atoms with Crippen LogP contribution in [-0.4, -0.2) is 40.0 Å². The lowest BCUT2D eigenvalue weighted by molar-refractivity contribution is 0.612. The number of aromatic nitrogens is 8. The zero-order valence-corrected chi connectivity index (χ0v) is 24.2. The van der Waals surface area contributed by atoms with E-state index in [1.807, 2.05) is 12.1 Å². The maximum Gasteiger partial charge on any atom is 0.197 e. The Hall–Kier alpha value is -4.85. The monoisotopic (exact) mass is 556 g/mol. The smallest absolute Gasteiger partial charge is 0.197 e. The first kappa shape index (κ1) is 27.3. The minimum atomic E-state index is 0.614. The van der Waals surface area contributed by atoms with Gasteiger partial charge in [-0.15, -0.1) is 5.10 Å². The number of tetrazole rings is 1. The van der Waals surface area contributed by atoms with Crippen LogP contribution in [0.25, 0.3) is 39.6 Å². The molecule has 0 aliphatic carbocycles. The Morgan fingerprint density at radius 3 is 2.12 bits per heavy atom. The molecule has 0 fully saturated rings. The molecule has 6 aromatic rings. The maximum atomic E-state index is 4.89. The van der Waals surface area contributed by atoms with Crippen LogP contribution in [0.15, 0.2) is 91.0 Å². The Morgan fingerprint density at radius 1 is 0.762 bits per heavy atom. The molecular weight excluding hydrogens is 520 g/mol. The number of aromatic amines is 1. The summed E-state index contributed by atoms with van der Waals surface area (Å²) in [6.45, 7) is 5.12. The van der Waals surface area contributed by atoms with Gasteiger partial charge >= 0.3 is 0 Å². The second kappa shape index (κ2) is 12.8. The van der Waals surface area contributed by atoms with E-state index in [1.54, 1.807) is 0 Å². The molecular formula is C34H36N8. The van der Waals surface area contributed by atoms with Crippen molar-refractivity contribution in [3.8, 4) is 39.6 Å². The molecule has 0 radical (unpaired) electrons. The van der Waals surface area contributed by atoms with Gasteiger partial charge in [0.05, 0.1) is 12.2 Å². The summed E-state index contributed by atoms with van der Waals surface area (Å²) in [5.41, 5.74) is 7.45. The van der Waals surface area contributed by atoms with Crippen LogP contribution >= 0.6 is 0 Å². The minimum absolute atomic E-state index is 0.614. The van der Waals surface area contributed by atoms with Crippen LogP contribution < -0.4 is 0 Å². The molecule has 3 heterocycles. The number of aryl methyl sites for hydroxylation is 2. The lowest BCUT2D eigenvalue weighted by Crippen LogP contribution is -2.08. The van der Waals surface area contributed by atoms with E-state index in [2.05, 4.69) is 123 Å². The molecule has 0 bridgehead atoms. The molecule has 0 unspecified atom stereocenters. The third kappa shape index (κ3) is 5.79. The SMILES string of the molecule is CCCCc1nc(CCCC)n(Cc2ccc(-n3c(-c4ccccc4)cc(-c4ccccc4)c3-c3nnn[nH]3)cc2)n1. The summed E-state index contributed by atoms with van der Waals surface area (Å²) in [6, 6.07) is 31.8. The molecule has 8 nitrogen and oxygen atoms in total. The van der Waals surface area contributed by atoms with E-state index >= 15 is 0 Å². The summed E-state index contributed by atoms with van der Waals surface area (Å²) in [4.78, 5) is 4.89. The molecule has 212 valence electrons. The predicted octanol–water partition coefficient (Wildman–Crippen LogP) is 7.32. The van der Waals surface area contributed by atoms with Crippen molar-refractivity contribution < 1.29 is 0 Å². The molecule has 8 heteroatoms. The van der Waals surface area contributed by atoms with E-state index in [1.165, 1.54) is 5.56 Å². The van der Waals surface area contributed by atoms with Crippen LogP contribution in [0.4, 0.5) is 0 Å². The van der Waals surface area contributed by atoms with Crippen molar-refractivity contribution in [1.29, 1.82) is 0 Å². The van der Waals surface area contributed by atoms with E-state index in [-0.39, 0.29) is 0 Å². The number of benzene rings is 3. The molecule has 0 amide bonds. The molecule has 6 rings (SSSR count). The number of nitrogens with one attached hydrogen (secondary N) is 1. The Labute approximate surface area is 246 Å². The summed E-state index contributed by atoms with van der Waals surface area (Å²) in [5.74, 6) is 2.65. The highest BCUT2D eigenvalue weighted by molar-refractivity contribution is 5.86. The average molecular weight is 557 g/mol. The van der Waals surface area contributed by atoms with E-state index in [9.17, 15) is 0 Å². The van der Waals surface area contributed by atoms with Crippen molar-refractivity contribution in [2.45, 2.75) is 58.9 Å². The van der Waals surface area contributed by atoms with Crippen LogP contribution in [0.2, 0.25) is 0 Å². The summed E-state index contributed by atoms with van der Waals surface area (Å²) in [7, 11) is 0. The number of rotatable bonds is 12. The number of H-pyrrole nitrogens is 1. The van der Waals surface area contributed by atoms with Crippen LogP contribution in [-0.2, 0) is 19.4 Å². The quantitative estimate of drug-likeness (QED) is 0.171. The number of nitrogens with zero attached hydrogens (tertiary/aromatic N) is 7. The minimum Gasteiger partial charge on any atom is -0.306 e. The molecule has 0 spiro atoms. The molecule has 0 atom stereocenters. The molecule has 3 aromatic carbocycles. The highest BCUT2D eigenvalue weighted by Gasteiger charge is 2.23. The van der Waals surface area contributed by atoms with E-state index in [0.717, 1.165) is 83.9 Å². The van der Waals surface area contributed by atoms with Gasteiger partial charge in [0, 0.05) is 24.1 Å². The Kier molecular flexibility index (Phi) is 8.31. The molecule has 3 aromatic heterocycles. The van der Waals surface area contributed by atoms with Gasteiger partial charge in [0.25, 0.3) is 0 Å². The zero-order chi connectivity index (χ0) is 28.7. The largest absolute Gasteiger partial charge is 0.306 e. The maximum absolute atomic E-state index is 4.89. The van der Waals surface area contributed by atoms with Gasteiger partial charge in [-0.2, -0.15) is 5.10 Å². The highest BCUT2D eigenvalue weighted by Crippen LogP contribution is 2.39. The molecule has 0 saturated heterocycles. The number of unbranched alkanes of at least 4 members (excludes halogenated alkanes) is 2. The topological polar surface area (TPSA) is 90.1 Å². The third-order valence-corrected chi connectivity index (χ3v) is 7.55. The molecule has 1 N–H and O–H groups in total. The van der Waals surface area contributed by atoms with Crippen molar-refractivity contribution in [3.63, 3.8) is 0 Å². The van der Waals surface area contributed by atoms with Crippen LogP contribution in [0.3, 0.4) is 0 Å². The lowest BCUT2D eigenvalue weighted by Gasteiger charge is -2.14. The van der Waals surface area contributed by atoms with Crippen molar-refractivity contribution in [2.75, 3.05) is 0 Å². The van der Waals surface area contributed by atoms with Crippen LogP contribution in [0, 0.1) is 0 Å². The van der Waals surface area contributed by atoms with Gasteiger partial charge in [-0.05, 0) is 58.2 Å². The summed E-state index contributed by atoms with van der Waals surface area (Å²) < 4.78 is 4.34. The van der Waals surface area contributed by atoms with E-state index in [4.69, 9.17) is 10.1 Å². The number of hydrogen-bond acceptors (Lipinski definition) is 5. The first-order valence-electron chi connectivity index (χ1n) is 14.9. The fourth-order valence-corrected chi connectivity index (χ4v) is 5.37. The molecule has 0 saturated carbocycles. The standard InChI is InChI=1S/C34H36N8/c1-3-5-17-31-35-32(18-6-4-2)41(38-31)24-25-19-21-28(22-20-25)42-30(27-15-11-8-12-16-27)23-29(26-13-9-7-10-14-26)33(42)34-36-39-40-37-34/h7-16,19-23H,3-6,17-18,24H2,1-2H3,(H,36,37,39,40). The Bertz CT molecular complexity index is 1700. The molecule has 0 aliphatic heterocycles. The van der Waals surface area contributed by atoms with Crippen molar-refractivity contribution in [2.24, 2.45) is 0 Å². The fraction of sp³-hybridized carbons (Fsp3) is 0.265. The van der Waals surface area contributed by atoms with Gasteiger partial charge in [0.1, 0.15) is 11.5 Å². The predicted molar refractivity (Wildman–Crippen MR) is 166 cm³/mol. The highest BCUT2D eigenvalue weighted by atomic mass is 15.5. The van der Waals surface area contributed by atoms with Gasteiger partial charge in [-0.3, -0.25) is 0 Å². The Balaban J connectivity index is 1.42. The zero-order valence-electron chi connectivity index (χ0n) is 24.2. The van der Waals surface area contributed by atoms with Crippen molar-refractivity contribution >= 4 is 0 Å². The van der Waals surface area contributed by atoms with Gasteiger partial charge in [-0.1, -0.05) is 99.5 Å². The molecule has 42 heavy (non-hydrogen) atoms. The van der Waals surface area contributed by atoms with Gasteiger partial charge in [0.2, 0.25) is 0 Å². The fourth-order valence-electron chi connectivity index (χ4n) is 5.37. The van der Waals surface area contributed by atoms with Crippen molar-refractivity contribution in [3.05, 3.63) is 108 Å². The normalized spacial score (nSPS) is 11.3. The average Bonchev–Trinajstić information content (AvgIpc) is 3.79. The molecule has 0 aliphatic rings. The van der Waals surface area contributed by atoms with Gasteiger partial charge < -0.3 is 4.57 Å². The van der Waals surface area contributed by atoms with Crippen molar-refractivity contribution in [1.82, 2.24) is 40.0 Å². The first-order chi connectivity index (χ1) is 20.7. The summed E-state index contributed by atoms with van der Waals surface area (Å²) >= 11 is 0. The summed E-state index contributed by atoms with van der Waals surface area (Å²) in [6.07, 6.45) is 6.39. The first-order valence-corrected chi connectivity index (χ1v) is 14.9. The number of hydrogen-bond donors (Lipinski definition) is 1. The van der Waals surface area contributed by atoms with E-state index in [0.29, 0.717) is 12.4 Å². The Morgan fingerprint density at radius 2 is 1.45 bits per heavy atom. The summed E-state index contributed by atoms with van der Waals surface area (Å²) in [5, 5.41) is 20.1. The van der Waals surface area contributed by atoms with Gasteiger partial charge in [0.15, 0.2) is 11.6 Å². The lowest BCUT2D eigenvalue weighted by atomic mass is 10.0. The second-order valence-electron chi connectivity index (χ2n) is 10.6. The second-order valence-corrected chi connectivity index (χ2v) is 10.6. The van der Waals surface area contributed by atoms with Crippen LogP contribution in [0.5, 0.6) is 0 Å². The van der Waals surface area contributed by atoms with E-state index < -0.39 is 0 Å². The third-order valence-electron chi connectivity index (χ3n) is 7.55.